The van der Waals surface area contributed by atoms with Crippen LogP contribution in [0.1, 0.15) is 5.56 Å². The smallest absolute Gasteiger partial charge is 0.244 e. The number of nitrogens with one attached hydrogen (secondary N) is 1. The van der Waals surface area contributed by atoms with Gasteiger partial charge < -0.3 is 10.4 Å². The largest absolute Gasteiger partial charge is 0.390 e. The molecular weight excluding hydrogens is 285 g/mol. The lowest BCUT2D eigenvalue weighted by Gasteiger charge is -2.26. The average Bonchev–Trinajstić information content (AvgIpc) is 2.83. The van der Waals surface area contributed by atoms with Crippen LogP contribution >= 0.6 is 0 Å². The average molecular weight is 299 g/mol. The minimum absolute atomic E-state index is 0.290. The molecule has 1 saturated heterocycles. The molecule has 1 aromatic carbocycles. The summed E-state index contributed by atoms with van der Waals surface area (Å²) in [6.45, 7) is 0.590. The number of hydrogen-bond acceptors (Lipinski definition) is 5. The van der Waals surface area contributed by atoms with Gasteiger partial charge in [-0.2, -0.15) is 9.57 Å². The summed E-state index contributed by atoms with van der Waals surface area (Å²) in [6.07, 6.45) is -0.839. The third-order valence-corrected chi connectivity index (χ3v) is 5.29. The zero-order valence-electron chi connectivity index (χ0n) is 10.7. The van der Waals surface area contributed by atoms with Crippen LogP contribution in [-0.4, -0.2) is 50.1 Å². The normalized spacial score (nSPS) is 22.9. The SMILES string of the molecule is CN([C@@H]1CNC[C@H]1O)S(=O)(=O)c1cccc(F)c1C#N. The van der Waals surface area contributed by atoms with Gasteiger partial charge in [0.05, 0.1) is 12.1 Å². The van der Waals surface area contributed by atoms with Gasteiger partial charge in [0.1, 0.15) is 22.3 Å². The Labute approximate surface area is 116 Å². The number of aliphatic hydroxyl groups is 1. The molecule has 0 saturated carbocycles. The third kappa shape index (κ3) is 2.41. The van der Waals surface area contributed by atoms with Gasteiger partial charge in [0.2, 0.25) is 10.0 Å². The molecule has 0 aliphatic carbocycles. The van der Waals surface area contributed by atoms with Gasteiger partial charge in [-0.1, -0.05) is 6.07 Å². The van der Waals surface area contributed by atoms with E-state index in [0.717, 1.165) is 10.4 Å². The Bertz CT molecular complexity index is 656. The molecule has 2 atom stereocenters. The van der Waals surface area contributed by atoms with Crippen molar-refractivity contribution in [2.24, 2.45) is 0 Å². The number of benzene rings is 1. The molecule has 108 valence electrons. The van der Waals surface area contributed by atoms with Gasteiger partial charge in [-0.25, -0.2) is 12.8 Å². The van der Waals surface area contributed by atoms with Crippen molar-refractivity contribution in [3.8, 4) is 6.07 Å². The van der Waals surface area contributed by atoms with Gasteiger partial charge in [0.25, 0.3) is 0 Å². The molecule has 6 nitrogen and oxygen atoms in total. The van der Waals surface area contributed by atoms with Crippen LogP contribution in [0.5, 0.6) is 0 Å². The van der Waals surface area contributed by atoms with Crippen LogP contribution in [-0.2, 0) is 10.0 Å². The first-order valence-electron chi connectivity index (χ1n) is 5.95. The molecule has 0 radical (unpaired) electrons. The molecule has 1 aliphatic heterocycles. The number of hydrogen-bond donors (Lipinski definition) is 2. The Balaban J connectivity index is 2.46. The number of halogens is 1. The number of sulfonamides is 1. The molecule has 0 spiro atoms. The van der Waals surface area contributed by atoms with Crippen LogP contribution in [0.2, 0.25) is 0 Å². The first-order valence-corrected chi connectivity index (χ1v) is 7.39. The molecule has 0 aromatic heterocycles. The molecule has 1 fully saturated rings. The van der Waals surface area contributed by atoms with Crippen LogP contribution in [0.15, 0.2) is 23.1 Å². The maximum absolute atomic E-state index is 13.5. The Morgan fingerprint density at radius 1 is 1.50 bits per heavy atom. The summed E-state index contributed by atoms with van der Waals surface area (Å²) in [5.74, 6) is -0.882. The molecule has 0 amide bonds. The Kier molecular flexibility index (Phi) is 4.06. The van der Waals surface area contributed by atoms with E-state index in [9.17, 15) is 17.9 Å². The van der Waals surface area contributed by atoms with Gasteiger partial charge in [0, 0.05) is 20.1 Å². The minimum atomic E-state index is -4.05. The highest BCUT2D eigenvalue weighted by molar-refractivity contribution is 7.89. The summed E-state index contributed by atoms with van der Waals surface area (Å²) in [5.41, 5.74) is -0.514. The standard InChI is InChI=1S/C12H14FN3O3S/c1-16(10-6-15-7-11(10)17)20(18,19)12-4-2-3-9(13)8(12)5-14/h2-4,10-11,15,17H,6-7H2,1H3/t10-,11-/m1/s1. The maximum atomic E-state index is 13.5. The highest BCUT2D eigenvalue weighted by Crippen LogP contribution is 2.24. The molecule has 2 rings (SSSR count). The van der Waals surface area contributed by atoms with E-state index in [4.69, 9.17) is 5.26 Å². The summed E-state index contributed by atoms with van der Waals surface area (Å²) in [4.78, 5) is -0.387. The molecule has 2 N–H and O–H groups in total. The van der Waals surface area contributed by atoms with E-state index < -0.39 is 33.5 Å². The monoisotopic (exact) mass is 299 g/mol. The lowest BCUT2D eigenvalue weighted by Crippen LogP contribution is -2.44. The highest BCUT2D eigenvalue weighted by atomic mass is 32.2. The van der Waals surface area contributed by atoms with Crippen LogP contribution in [0, 0.1) is 17.1 Å². The summed E-state index contributed by atoms with van der Waals surface area (Å²) < 4.78 is 39.4. The van der Waals surface area contributed by atoms with E-state index in [2.05, 4.69) is 5.32 Å². The van der Waals surface area contributed by atoms with Crippen molar-refractivity contribution in [3.05, 3.63) is 29.6 Å². The fraction of sp³-hybridized carbons (Fsp3) is 0.417. The van der Waals surface area contributed by atoms with Gasteiger partial charge in [-0.15, -0.1) is 0 Å². The van der Waals surface area contributed by atoms with Crippen molar-refractivity contribution in [2.75, 3.05) is 20.1 Å². The molecule has 20 heavy (non-hydrogen) atoms. The van der Waals surface area contributed by atoms with Crippen LogP contribution in [0.25, 0.3) is 0 Å². The number of nitriles is 1. The predicted octanol–water partition coefficient (Wildman–Crippen LogP) is -0.349. The molecule has 0 bridgehead atoms. The van der Waals surface area contributed by atoms with Crippen LogP contribution in [0.4, 0.5) is 4.39 Å². The topological polar surface area (TPSA) is 93.4 Å². The first kappa shape index (κ1) is 14.9. The molecule has 8 heteroatoms. The van der Waals surface area contributed by atoms with E-state index >= 15 is 0 Å². The molecular formula is C12H14FN3O3S. The molecule has 1 aromatic rings. The van der Waals surface area contributed by atoms with Crippen molar-refractivity contribution >= 4 is 10.0 Å². The maximum Gasteiger partial charge on any atom is 0.244 e. The minimum Gasteiger partial charge on any atom is -0.390 e. The summed E-state index contributed by atoms with van der Waals surface area (Å²) in [5, 5.41) is 21.5. The van der Waals surface area contributed by atoms with Gasteiger partial charge in [0.15, 0.2) is 0 Å². The number of likely N-dealkylation sites (N-methyl/N-ethyl adjacent to an activating group) is 1. The van der Waals surface area contributed by atoms with E-state index in [1.165, 1.54) is 19.2 Å². The second-order valence-corrected chi connectivity index (χ2v) is 6.50. The summed E-state index contributed by atoms with van der Waals surface area (Å²) in [6, 6.07) is 4.37. The number of β-amino-alcohol motifs (C(OH)–C–C–N with tert-alkyl or cyclic N) is 1. The molecule has 1 heterocycles. The number of nitrogens with zero attached hydrogens (tertiary/aromatic N) is 2. The van der Waals surface area contributed by atoms with Gasteiger partial charge in [-0.3, -0.25) is 0 Å². The second-order valence-electron chi connectivity index (χ2n) is 4.54. The van der Waals surface area contributed by atoms with Crippen molar-refractivity contribution in [2.45, 2.75) is 17.0 Å². The summed E-state index contributed by atoms with van der Waals surface area (Å²) in [7, 11) is -2.74. The quantitative estimate of drug-likeness (QED) is 0.796. The molecule has 1 aliphatic rings. The second kappa shape index (κ2) is 5.46. The third-order valence-electron chi connectivity index (χ3n) is 3.36. The van der Waals surface area contributed by atoms with Crippen molar-refractivity contribution < 1.29 is 17.9 Å². The predicted molar refractivity (Wildman–Crippen MR) is 68.7 cm³/mol. The van der Waals surface area contributed by atoms with Crippen LogP contribution < -0.4 is 5.32 Å². The fourth-order valence-electron chi connectivity index (χ4n) is 2.18. The Hall–Kier alpha value is -1.53. The van der Waals surface area contributed by atoms with E-state index in [0.29, 0.717) is 13.1 Å². The van der Waals surface area contributed by atoms with Crippen molar-refractivity contribution in [3.63, 3.8) is 0 Å². The van der Waals surface area contributed by atoms with Crippen LogP contribution in [0.3, 0.4) is 0 Å². The van der Waals surface area contributed by atoms with Gasteiger partial charge >= 0.3 is 0 Å². The highest BCUT2D eigenvalue weighted by Gasteiger charge is 2.37. The van der Waals surface area contributed by atoms with E-state index in [1.54, 1.807) is 6.07 Å². The number of aliphatic hydroxyl groups excluding tert-OH is 1. The lowest BCUT2D eigenvalue weighted by atomic mass is 10.2. The number of rotatable bonds is 3. The Morgan fingerprint density at radius 3 is 2.75 bits per heavy atom. The van der Waals surface area contributed by atoms with Crippen molar-refractivity contribution in [1.82, 2.24) is 9.62 Å². The lowest BCUT2D eigenvalue weighted by molar-refractivity contribution is 0.136. The van der Waals surface area contributed by atoms with E-state index in [-0.39, 0.29) is 4.90 Å². The zero-order valence-corrected chi connectivity index (χ0v) is 11.6. The Morgan fingerprint density at radius 2 is 2.20 bits per heavy atom. The van der Waals surface area contributed by atoms with Gasteiger partial charge in [-0.05, 0) is 12.1 Å². The zero-order chi connectivity index (χ0) is 14.9. The fourth-order valence-corrected chi connectivity index (χ4v) is 3.72. The van der Waals surface area contributed by atoms with E-state index in [1.807, 2.05) is 0 Å². The summed E-state index contributed by atoms with van der Waals surface area (Å²) >= 11 is 0. The molecule has 0 unspecified atom stereocenters. The first-order chi connectivity index (χ1) is 9.39. The van der Waals surface area contributed by atoms with Crippen molar-refractivity contribution in [1.29, 1.82) is 5.26 Å².